The van der Waals surface area contributed by atoms with Crippen molar-refractivity contribution in [3.63, 3.8) is 0 Å². The summed E-state index contributed by atoms with van der Waals surface area (Å²) in [6.07, 6.45) is 1.68. The van der Waals surface area contributed by atoms with Crippen molar-refractivity contribution in [2.24, 2.45) is 0 Å². The largest absolute Gasteiger partial charge is 0.258 e. The van der Waals surface area contributed by atoms with Gasteiger partial charge in [-0.05, 0) is 32.4 Å². The fourth-order valence-corrected chi connectivity index (χ4v) is 0.819. The Hall–Kier alpha value is -0.920. The van der Waals surface area contributed by atoms with Gasteiger partial charge in [-0.3, -0.25) is 4.98 Å². The second-order valence-corrected chi connectivity index (χ2v) is 3.19. The average molecular weight is 213 g/mol. The fourth-order valence-electron chi connectivity index (χ4n) is 0.819. The van der Waals surface area contributed by atoms with E-state index in [4.69, 9.17) is 0 Å². The van der Waals surface area contributed by atoms with Crippen molar-refractivity contribution in [2.75, 3.05) is 0 Å². The molecule has 88 valence electrons. The third-order valence-electron chi connectivity index (χ3n) is 1.52. The summed E-state index contributed by atoms with van der Waals surface area (Å²) in [6, 6.07) is 3.58. The van der Waals surface area contributed by atoms with E-state index in [1.165, 1.54) is 13.8 Å². The van der Waals surface area contributed by atoms with Crippen LogP contribution in [0.1, 0.15) is 52.8 Å². The number of rotatable bonds is 1. The van der Waals surface area contributed by atoms with Gasteiger partial charge in [0, 0.05) is 6.20 Å². The SMILES string of the molecule is CC.CC.Cc1ccc(C(C)(C)F)nc1. The van der Waals surface area contributed by atoms with Crippen LogP contribution < -0.4 is 0 Å². The number of pyridine rings is 1. The number of hydrogen-bond acceptors (Lipinski definition) is 1. The Labute approximate surface area is 93.7 Å². The smallest absolute Gasteiger partial charge is 0.147 e. The summed E-state index contributed by atoms with van der Waals surface area (Å²) in [5, 5.41) is 0. The molecule has 0 atom stereocenters. The first-order valence-corrected chi connectivity index (χ1v) is 5.62. The highest BCUT2D eigenvalue weighted by molar-refractivity contribution is 5.16. The van der Waals surface area contributed by atoms with Crippen LogP contribution in [0, 0.1) is 6.92 Å². The zero-order valence-corrected chi connectivity index (χ0v) is 11.1. The highest BCUT2D eigenvalue weighted by atomic mass is 19.1. The molecule has 2 heteroatoms. The molecular weight excluding hydrogens is 189 g/mol. The molecular formula is C13H24FN. The lowest BCUT2D eigenvalue weighted by molar-refractivity contribution is 0.214. The minimum atomic E-state index is -1.33. The lowest BCUT2D eigenvalue weighted by Crippen LogP contribution is -2.10. The molecule has 0 saturated carbocycles. The maximum Gasteiger partial charge on any atom is 0.147 e. The van der Waals surface area contributed by atoms with Gasteiger partial charge in [-0.25, -0.2) is 4.39 Å². The quantitative estimate of drug-likeness (QED) is 0.662. The molecule has 0 saturated heterocycles. The molecule has 0 N–H and O–H groups in total. The minimum Gasteiger partial charge on any atom is -0.258 e. The second kappa shape index (κ2) is 8.39. The van der Waals surface area contributed by atoms with Crippen molar-refractivity contribution in [2.45, 2.75) is 54.1 Å². The van der Waals surface area contributed by atoms with Crippen LogP contribution in [0.5, 0.6) is 0 Å². The van der Waals surface area contributed by atoms with Crippen LogP contribution in [0.2, 0.25) is 0 Å². The topological polar surface area (TPSA) is 12.9 Å². The Kier molecular flexibility index (Phi) is 9.24. The van der Waals surface area contributed by atoms with Crippen molar-refractivity contribution in [3.05, 3.63) is 29.6 Å². The predicted molar refractivity (Wildman–Crippen MR) is 65.8 cm³/mol. The first kappa shape index (κ1) is 16.5. The summed E-state index contributed by atoms with van der Waals surface area (Å²) in [5.41, 5.74) is 0.217. The lowest BCUT2D eigenvalue weighted by Gasteiger charge is -2.12. The van der Waals surface area contributed by atoms with E-state index in [1.807, 2.05) is 40.7 Å². The van der Waals surface area contributed by atoms with Crippen LogP contribution in [0.4, 0.5) is 4.39 Å². The third-order valence-corrected chi connectivity index (χ3v) is 1.52. The van der Waals surface area contributed by atoms with E-state index >= 15 is 0 Å². The van der Waals surface area contributed by atoms with Gasteiger partial charge in [0.2, 0.25) is 0 Å². The van der Waals surface area contributed by atoms with Crippen molar-refractivity contribution in [3.8, 4) is 0 Å². The molecule has 1 nitrogen and oxygen atoms in total. The van der Waals surface area contributed by atoms with Gasteiger partial charge in [0.1, 0.15) is 5.67 Å². The molecule has 0 unspecified atom stereocenters. The Morgan fingerprint density at radius 2 is 1.53 bits per heavy atom. The maximum absolute atomic E-state index is 13.2. The van der Waals surface area contributed by atoms with Gasteiger partial charge in [-0.2, -0.15) is 0 Å². The van der Waals surface area contributed by atoms with Gasteiger partial charge >= 0.3 is 0 Å². The van der Waals surface area contributed by atoms with E-state index < -0.39 is 5.67 Å². The zero-order valence-electron chi connectivity index (χ0n) is 11.1. The summed E-state index contributed by atoms with van der Waals surface area (Å²) in [4.78, 5) is 3.97. The molecule has 0 amide bonds. The second-order valence-electron chi connectivity index (χ2n) is 3.19. The molecule has 0 aromatic carbocycles. The Morgan fingerprint density at radius 3 is 1.80 bits per heavy atom. The van der Waals surface area contributed by atoms with E-state index in [1.54, 1.807) is 12.3 Å². The molecule has 1 heterocycles. The van der Waals surface area contributed by atoms with Crippen LogP contribution in [0.3, 0.4) is 0 Å². The van der Waals surface area contributed by atoms with Crippen LogP contribution in [0.25, 0.3) is 0 Å². The van der Waals surface area contributed by atoms with Crippen LogP contribution >= 0.6 is 0 Å². The van der Waals surface area contributed by atoms with Crippen molar-refractivity contribution >= 4 is 0 Å². The molecule has 0 aliphatic rings. The predicted octanol–water partition coefficient (Wildman–Crippen LogP) is 4.65. The average Bonchev–Trinajstić information content (AvgIpc) is 2.23. The molecule has 0 radical (unpaired) electrons. The number of nitrogens with zero attached hydrogens (tertiary/aromatic N) is 1. The van der Waals surface area contributed by atoms with E-state index in [9.17, 15) is 4.39 Å². The summed E-state index contributed by atoms with van der Waals surface area (Å²) < 4.78 is 13.2. The lowest BCUT2D eigenvalue weighted by atomic mass is 10.1. The van der Waals surface area contributed by atoms with Gasteiger partial charge in [-0.1, -0.05) is 33.8 Å². The van der Waals surface area contributed by atoms with Crippen molar-refractivity contribution < 1.29 is 4.39 Å². The molecule has 1 aromatic rings. The Bertz CT molecular complexity index is 234. The van der Waals surface area contributed by atoms with Crippen molar-refractivity contribution in [1.29, 1.82) is 0 Å². The molecule has 1 aromatic heterocycles. The van der Waals surface area contributed by atoms with Crippen molar-refractivity contribution in [1.82, 2.24) is 4.98 Å². The zero-order chi connectivity index (χ0) is 12.5. The van der Waals surface area contributed by atoms with Crippen LogP contribution in [-0.4, -0.2) is 4.98 Å². The molecule has 0 spiro atoms. The highest BCUT2D eigenvalue weighted by Crippen LogP contribution is 2.21. The van der Waals surface area contributed by atoms with E-state index in [0.717, 1.165) is 5.56 Å². The molecule has 0 bridgehead atoms. The first-order chi connectivity index (χ1) is 7.00. The summed E-state index contributed by atoms with van der Waals surface area (Å²) in [7, 11) is 0. The number of halogens is 1. The standard InChI is InChI=1S/C9H12FN.2C2H6/c1-7-4-5-8(11-6-7)9(2,3)10;2*1-2/h4-6H,1-3H3;2*1-2H3. The van der Waals surface area contributed by atoms with E-state index in [-0.39, 0.29) is 0 Å². The van der Waals surface area contributed by atoms with Crippen LogP contribution in [0.15, 0.2) is 18.3 Å². The van der Waals surface area contributed by atoms with Crippen LogP contribution in [-0.2, 0) is 5.67 Å². The van der Waals surface area contributed by atoms with Gasteiger partial charge in [0.05, 0.1) is 5.69 Å². The Balaban J connectivity index is 0. The minimum absolute atomic E-state index is 0.489. The van der Waals surface area contributed by atoms with Gasteiger partial charge < -0.3 is 0 Å². The van der Waals surface area contributed by atoms with Gasteiger partial charge in [0.15, 0.2) is 0 Å². The third kappa shape index (κ3) is 7.06. The number of alkyl halides is 1. The molecule has 15 heavy (non-hydrogen) atoms. The maximum atomic E-state index is 13.2. The molecule has 0 aliphatic heterocycles. The number of aromatic nitrogens is 1. The molecule has 0 aliphatic carbocycles. The highest BCUT2D eigenvalue weighted by Gasteiger charge is 2.19. The van der Waals surface area contributed by atoms with Gasteiger partial charge in [0.25, 0.3) is 0 Å². The van der Waals surface area contributed by atoms with Gasteiger partial charge in [-0.15, -0.1) is 0 Å². The summed E-state index contributed by atoms with van der Waals surface area (Å²) >= 11 is 0. The van der Waals surface area contributed by atoms with E-state index in [2.05, 4.69) is 4.98 Å². The Morgan fingerprint density at radius 1 is 1.07 bits per heavy atom. The molecule has 1 rings (SSSR count). The number of aryl methyl sites for hydroxylation is 1. The van der Waals surface area contributed by atoms with E-state index in [0.29, 0.717) is 5.69 Å². The molecule has 0 fully saturated rings. The monoisotopic (exact) mass is 213 g/mol. The first-order valence-electron chi connectivity index (χ1n) is 5.62. The normalized spacial score (nSPS) is 9.33. The fraction of sp³-hybridized carbons (Fsp3) is 0.615. The summed E-state index contributed by atoms with van der Waals surface area (Å²) in [6.45, 7) is 12.9. The number of hydrogen-bond donors (Lipinski definition) is 0. The summed E-state index contributed by atoms with van der Waals surface area (Å²) in [5.74, 6) is 0.